The van der Waals surface area contributed by atoms with Crippen LogP contribution in [0.1, 0.15) is 36.0 Å². The fourth-order valence-electron chi connectivity index (χ4n) is 2.60. The molecule has 0 aliphatic heterocycles. The second-order valence-corrected chi connectivity index (χ2v) is 5.26. The number of halogens is 1. The average Bonchev–Trinajstić information content (AvgIpc) is 2.54. The summed E-state index contributed by atoms with van der Waals surface area (Å²) in [4.78, 5) is 0. The molecule has 0 heterocycles. The molecular weight excluding hydrogens is 278 g/mol. The molecule has 0 spiro atoms. The summed E-state index contributed by atoms with van der Waals surface area (Å²) in [5.41, 5.74) is 3.82. The van der Waals surface area contributed by atoms with Gasteiger partial charge in [-0.1, -0.05) is 6.42 Å². The molecule has 2 rings (SSSR count). The molecule has 0 saturated carbocycles. The maximum Gasteiger partial charge on any atom is 0.137 e. The van der Waals surface area contributed by atoms with Crippen molar-refractivity contribution in [2.75, 3.05) is 7.11 Å². The van der Waals surface area contributed by atoms with Crippen LogP contribution in [0.3, 0.4) is 0 Å². The molecule has 0 amide bonds. The minimum Gasteiger partial charge on any atom is -0.495 e. The highest BCUT2D eigenvalue weighted by molar-refractivity contribution is 9.10. The Kier molecular flexibility index (Phi) is 4.06. The number of hydrogen-bond acceptors (Lipinski definition) is 2. The maximum absolute atomic E-state index is 8.98. The van der Waals surface area contributed by atoms with Gasteiger partial charge in [0.2, 0.25) is 0 Å². The first kappa shape index (κ1) is 12.4. The smallest absolute Gasteiger partial charge is 0.137 e. The summed E-state index contributed by atoms with van der Waals surface area (Å²) >= 11 is 3.55. The van der Waals surface area contributed by atoms with Crippen LogP contribution in [-0.4, -0.2) is 7.11 Å². The number of fused-ring (bicyclic) bond motifs is 1. The molecule has 0 radical (unpaired) electrons. The molecule has 1 aliphatic carbocycles. The fraction of sp³-hybridized carbons (Fsp3) is 0.500. The minimum absolute atomic E-state index is 0.435. The highest BCUT2D eigenvalue weighted by Crippen LogP contribution is 2.37. The monoisotopic (exact) mass is 293 g/mol. The van der Waals surface area contributed by atoms with E-state index in [0.29, 0.717) is 6.42 Å². The van der Waals surface area contributed by atoms with Crippen molar-refractivity contribution < 1.29 is 4.74 Å². The van der Waals surface area contributed by atoms with Gasteiger partial charge < -0.3 is 4.74 Å². The molecule has 0 unspecified atom stereocenters. The Balaban J connectivity index is 2.58. The summed E-state index contributed by atoms with van der Waals surface area (Å²) in [5.74, 6) is 0.840. The number of ether oxygens (including phenoxy) is 1. The van der Waals surface area contributed by atoms with E-state index in [-0.39, 0.29) is 0 Å². The molecule has 0 atom stereocenters. The fourth-order valence-corrected chi connectivity index (χ4v) is 3.27. The standard InChI is InChI=1S/C14H16BrNO/c1-17-14-12(7-8-16)11-6-4-2-3-5-10(11)9-13(14)15/h9H,2-7H2,1H3. The third-order valence-corrected chi connectivity index (χ3v) is 3.97. The van der Waals surface area contributed by atoms with Crippen LogP contribution in [0, 0.1) is 11.3 Å². The number of nitrogens with zero attached hydrogens (tertiary/aromatic N) is 1. The van der Waals surface area contributed by atoms with Gasteiger partial charge in [0.1, 0.15) is 5.75 Å². The Morgan fingerprint density at radius 2 is 2.12 bits per heavy atom. The van der Waals surface area contributed by atoms with Crippen LogP contribution >= 0.6 is 15.9 Å². The van der Waals surface area contributed by atoms with Crippen molar-refractivity contribution >= 4 is 15.9 Å². The van der Waals surface area contributed by atoms with Gasteiger partial charge in [0.25, 0.3) is 0 Å². The minimum atomic E-state index is 0.435. The van der Waals surface area contributed by atoms with Crippen molar-refractivity contribution in [3.63, 3.8) is 0 Å². The third-order valence-electron chi connectivity index (χ3n) is 3.38. The lowest BCUT2D eigenvalue weighted by Crippen LogP contribution is -2.02. The molecule has 0 aromatic heterocycles. The van der Waals surface area contributed by atoms with E-state index in [1.807, 2.05) is 0 Å². The lowest BCUT2D eigenvalue weighted by molar-refractivity contribution is 0.407. The van der Waals surface area contributed by atoms with Crippen molar-refractivity contribution in [3.05, 3.63) is 27.2 Å². The van der Waals surface area contributed by atoms with Crippen molar-refractivity contribution in [1.29, 1.82) is 5.26 Å². The van der Waals surface area contributed by atoms with Crippen LogP contribution in [0.5, 0.6) is 5.75 Å². The topological polar surface area (TPSA) is 33.0 Å². The van der Waals surface area contributed by atoms with Crippen molar-refractivity contribution in [2.45, 2.75) is 38.5 Å². The Morgan fingerprint density at radius 3 is 2.82 bits per heavy atom. The van der Waals surface area contributed by atoms with Gasteiger partial charge in [-0.25, -0.2) is 0 Å². The predicted molar refractivity (Wildman–Crippen MR) is 71.3 cm³/mol. The summed E-state index contributed by atoms with van der Waals surface area (Å²) < 4.78 is 6.42. The van der Waals surface area contributed by atoms with E-state index < -0.39 is 0 Å². The normalized spacial score (nSPS) is 14.6. The second-order valence-electron chi connectivity index (χ2n) is 4.40. The second kappa shape index (κ2) is 5.55. The Labute approximate surface area is 111 Å². The maximum atomic E-state index is 8.98. The van der Waals surface area contributed by atoms with Gasteiger partial charge in [0, 0.05) is 5.56 Å². The number of rotatable bonds is 2. The van der Waals surface area contributed by atoms with Gasteiger partial charge in [-0.05, 0) is 58.8 Å². The molecule has 1 aromatic carbocycles. The van der Waals surface area contributed by atoms with Crippen LogP contribution in [0.25, 0.3) is 0 Å². The molecular formula is C14H16BrNO. The Morgan fingerprint density at radius 1 is 1.35 bits per heavy atom. The summed E-state index contributed by atoms with van der Waals surface area (Å²) in [6.45, 7) is 0. The number of methoxy groups -OCH3 is 1. The van der Waals surface area contributed by atoms with E-state index in [1.54, 1.807) is 7.11 Å². The molecule has 90 valence electrons. The molecule has 0 N–H and O–H groups in total. The van der Waals surface area contributed by atoms with Gasteiger partial charge >= 0.3 is 0 Å². The van der Waals surface area contributed by atoms with E-state index in [1.165, 1.54) is 30.4 Å². The van der Waals surface area contributed by atoms with Crippen LogP contribution in [0.4, 0.5) is 0 Å². The van der Waals surface area contributed by atoms with E-state index in [2.05, 4.69) is 28.1 Å². The van der Waals surface area contributed by atoms with E-state index in [4.69, 9.17) is 10.00 Å². The van der Waals surface area contributed by atoms with Crippen LogP contribution in [0.2, 0.25) is 0 Å². The highest BCUT2D eigenvalue weighted by atomic mass is 79.9. The first-order chi connectivity index (χ1) is 8.27. The number of nitriles is 1. The molecule has 17 heavy (non-hydrogen) atoms. The average molecular weight is 294 g/mol. The lowest BCUT2D eigenvalue weighted by atomic mass is 9.94. The molecule has 0 bridgehead atoms. The zero-order valence-electron chi connectivity index (χ0n) is 10.1. The Bertz CT molecular complexity index is 462. The molecule has 0 fully saturated rings. The Hall–Kier alpha value is -1.01. The van der Waals surface area contributed by atoms with E-state index in [0.717, 1.165) is 28.6 Å². The lowest BCUT2D eigenvalue weighted by Gasteiger charge is -2.16. The number of benzene rings is 1. The third kappa shape index (κ3) is 2.47. The molecule has 1 aromatic rings. The zero-order chi connectivity index (χ0) is 12.3. The van der Waals surface area contributed by atoms with Crippen molar-refractivity contribution in [1.82, 2.24) is 0 Å². The van der Waals surface area contributed by atoms with E-state index in [9.17, 15) is 0 Å². The SMILES string of the molecule is COc1c(Br)cc2c(c1CC#N)CCCCC2. The molecule has 0 saturated heterocycles. The van der Waals surface area contributed by atoms with E-state index >= 15 is 0 Å². The number of hydrogen-bond donors (Lipinski definition) is 0. The van der Waals surface area contributed by atoms with Crippen LogP contribution < -0.4 is 4.74 Å². The largest absolute Gasteiger partial charge is 0.495 e. The van der Waals surface area contributed by atoms with Crippen LogP contribution in [0.15, 0.2) is 10.5 Å². The molecule has 3 heteroatoms. The predicted octanol–water partition coefficient (Wildman–Crippen LogP) is 3.79. The summed E-state index contributed by atoms with van der Waals surface area (Å²) in [7, 11) is 1.67. The number of aryl methyl sites for hydroxylation is 1. The van der Waals surface area contributed by atoms with Gasteiger partial charge in [0.05, 0.1) is 24.1 Å². The highest BCUT2D eigenvalue weighted by Gasteiger charge is 2.18. The zero-order valence-corrected chi connectivity index (χ0v) is 11.6. The van der Waals surface area contributed by atoms with Gasteiger partial charge in [-0.15, -0.1) is 0 Å². The summed E-state index contributed by atoms with van der Waals surface area (Å²) in [6.07, 6.45) is 6.38. The van der Waals surface area contributed by atoms with Gasteiger partial charge in [-0.3, -0.25) is 0 Å². The summed E-state index contributed by atoms with van der Waals surface area (Å²) in [6, 6.07) is 4.42. The summed E-state index contributed by atoms with van der Waals surface area (Å²) in [5, 5.41) is 8.98. The van der Waals surface area contributed by atoms with Crippen molar-refractivity contribution in [3.8, 4) is 11.8 Å². The quantitative estimate of drug-likeness (QED) is 0.777. The first-order valence-electron chi connectivity index (χ1n) is 6.02. The van der Waals surface area contributed by atoms with Gasteiger partial charge in [-0.2, -0.15) is 5.26 Å². The van der Waals surface area contributed by atoms with Crippen LogP contribution in [-0.2, 0) is 19.3 Å². The molecule has 2 nitrogen and oxygen atoms in total. The van der Waals surface area contributed by atoms with Crippen molar-refractivity contribution in [2.24, 2.45) is 0 Å². The first-order valence-corrected chi connectivity index (χ1v) is 6.81. The molecule has 1 aliphatic rings. The van der Waals surface area contributed by atoms with Gasteiger partial charge in [0.15, 0.2) is 0 Å².